The number of aliphatic imine (C=N–C) groups is 1. The number of thioether (sulfide) groups is 1. The number of carbonyl (C=O) groups is 1. The van der Waals surface area contributed by atoms with Crippen molar-refractivity contribution in [2.75, 3.05) is 13.4 Å². The molecule has 1 rings (SSSR count). The van der Waals surface area contributed by atoms with E-state index in [2.05, 4.69) is 15.0 Å². The Labute approximate surface area is 108 Å². The topological polar surface area (TPSA) is 74.5 Å². The van der Waals surface area contributed by atoms with Crippen LogP contribution in [-0.4, -0.2) is 24.5 Å². The molecule has 0 radical (unpaired) electrons. The van der Waals surface area contributed by atoms with Crippen molar-refractivity contribution in [2.24, 2.45) is 4.99 Å². The second kappa shape index (κ2) is 6.61. The highest BCUT2D eigenvalue weighted by atomic mass is 32.2. The minimum atomic E-state index is -0.747. The van der Waals surface area contributed by atoms with Gasteiger partial charge in [0.05, 0.1) is 18.4 Å². The second-order valence-corrected chi connectivity index (χ2v) is 3.81. The van der Waals surface area contributed by atoms with Gasteiger partial charge in [0.2, 0.25) is 0 Å². The fraction of sp³-hybridized carbons (Fsp3) is 0.182. The van der Waals surface area contributed by atoms with Crippen LogP contribution in [0.3, 0.4) is 0 Å². The molecule has 0 saturated heterocycles. The molecule has 0 fully saturated rings. The zero-order valence-corrected chi connectivity index (χ0v) is 10.5. The number of carbonyl (C=O) groups excluding carboxylic acids is 1. The van der Waals surface area contributed by atoms with E-state index >= 15 is 0 Å². The molecule has 0 saturated carbocycles. The van der Waals surface area contributed by atoms with Gasteiger partial charge in [-0.2, -0.15) is 5.26 Å². The van der Waals surface area contributed by atoms with Crippen molar-refractivity contribution in [2.45, 2.75) is 0 Å². The minimum absolute atomic E-state index is 0.157. The average Bonchev–Trinajstić information content (AvgIpc) is 2.37. The number of halogens is 1. The van der Waals surface area contributed by atoms with E-state index in [-0.39, 0.29) is 5.56 Å². The van der Waals surface area contributed by atoms with Crippen molar-refractivity contribution in [3.05, 3.63) is 29.6 Å². The van der Waals surface area contributed by atoms with Crippen LogP contribution >= 0.6 is 11.8 Å². The van der Waals surface area contributed by atoms with Crippen LogP contribution in [0.1, 0.15) is 10.4 Å². The molecule has 0 heterocycles. The summed E-state index contributed by atoms with van der Waals surface area (Å²) >= 11 is 1.21. The monoisotopic (exact) mass is 267 g/mol. The number of rotatable bonds is 2. The van der Waals surface area contributed by atoms with Crippen molar-refractivity contribution in [1.82, 2.24) is 5.32 Å². The minimum Gasteiger partial charge on any atom is -0.465 e. The third-order valence-corrected chi connectivity index (χ3v) is 2.52. The van der Waals surface area contributed by atoms with Crippen LogP contribution in [-0.2, 0) is 4.74 Å². The van der Waals surface area contributed by atoms with Crippen LogP contribution in [0.4, 0.5) is 10.1 Å². The summed E-state index contributed by atoms with van der Waals surface area (Å²) in [5, 5.41) is 11.1. The predicted molar refractivity (Wildman–Crippen MR) is 67.1 cm³/mol. The fourth-order valence-corrected chi connectivity index (χ4v) is 1.48. The number of hydrogen-bond donors (Lipinski definition) is 1. The molecule has 0 amide bonds. The van der Waals surface area contributed by atoms with E-state index in [1.54, 1.807) is 12.4 Å². The molecule has 0 spiro atoms. The highest BCUT2D eigenvalue weighted by molar-refractivity contribution is 8.13. The SMILES string of the molecule is COC(=O)c1ccc(N=C(NC#N)SC)cc1F. The summed E-state index contributed by atoms with van der Waals surface area (Å²) in [6, 6.07) is 3.84. The molecular weight excluding hydrogens is 257 g/mol. The summed E-state index contributed by atoms with van der Waals surface area (Å²) in [5.74, 6) is -1.47. The third-order valence-electron chi connectivity index (χ3n) is 1.94. The Morgan fingerprint density at radius 1 is 1.61 bits per heavy atom. The molecule has 7 heteroatoms. The van der Waals surface area contributed by atoms with Crippen LogP contribution < -0.4 is 5.32 Å². The fourth-order valence-electron chi connectivity index (χ4n) is 1.14. The molecular formula is C11H10FN3O2S. The van der Waals surface area contributed by atoms with Gasteiger partial charge < -0.3 is 4.74 Å². The van der Waals surface area contributed by atoms with E-state index in [1.165, 1.54) is 31.0 Å². The Hall–Kier alpha value is -2.07. The second-order valence-electron chi connectivity index (χ2n) is 3.01. The van der Waals surface area contributed by atoms with Gasteiger partial charge in [-0.3, -0.25) is 5.32 Å². The molecule has 0 unspecified atom stereocenters. The Kier molecular flexibility index (Phi) is 5.14. The molecule has 0 aliphatic carbocycles. The molecule has 1 N–H and O–H groups in total. The maximum atomic E-state index is 13.6. The number of amidine groups is 1. The first-order valence-electron chi connectivity index (χ1n) is 4.78. The normalized spacial score (nSPS) is 10.7. The number of nitrogens with one attached hydrogen (secondary N) is 1. The summed E-state index contributed by atoms with van der Waals surface area (Å²) < 4.78 is 18.0. The summed E-state index contributed by atoms with van der Waals surface area (Å²) in [6.07, 6.45) is 3.45. The predicted octanol–water partition coefficient (Wildman–Crippen LogP) is 2.03. The van der Waals surface area contributed by atoms with E-state index in [0.29, 0.717) is 10.9 Å². The Morgan fingerprint density at radius 3 is 2.83 bits per heavy atom. The molecule has 18 heavy (non-hydrogen) atoms. The number of benzene rings is 1. The number of esters is 1. The van der Waals surface area contributed by atoms with Crippen molar-refractivity contribution in [3.8, 4) is 6.19 Å². The average molecular weight is 267 g/mol. The smallest absolute Gasteiger partial charge is 0.340 e. The third kappa shape index (κ3) is 3.46. The Balaban J connectivity index is 3.05. The van der Waals surface area contributed by atoms with Gasteiger partial charge in [0.15, 0.2) is 11.4 Å². The van der Waals surface area contributed by atoms with E-state index < -0.39 is 11.8 Å². The maximum absolute atomic E-state index is 13.6. The lowest BCUT2D eigenvalue weighted by atomic mass is 10.2. The molecule has 0 aliphatic rings. The van der Waals surface area contributed by atoms with Gasteiger partial charge in [-0.15, -0.1) is 0 Å². The number of hydrogen-bond acceptors (Lipinski definition) is 5. The van der Waals surface area contributed by atoms with Gasteiger partial charge in [-0.1, -0.05) is 11.8 Å². The molecule has 1 aromatic rings. The molecule has 94 valence electrons. The van der Waals surface area contributed by atoms with E-state index in [1.807, 2.05) is 0 Å². The Bertz CT molecular complexity index is 526. The highest BCUT2D eigenvalue weighted by Gasteiger charge is 2.12. The van der Waals surface area contributed by atoms with E-state index in [0.717, 1.165) is 6.07 Å². The van der Waals surface area contributed by atoms with E-state index in [4.69, 9.17) is 5.26 Å². The molecule has 0 aromatic heterocycles. The largest absolute Gasteiger partial charge is 0.465 e. The molecule has 1 aromatic carbocycles. The van der Waals surface area contributed by atoms with Crippen molar-refractivity contribution < 1.29 is 13.9 Å². The maximum Gasteiger partial charge on any atom is 0.340 e. The van der Waals surface area contributed by atoms with Gasteiger partial charge in [0.1, 0.15) is 5.82 Å². The van der Waals surface area contributed by atoms with Crippen LogP contribution in [0.25, 0.3) is 0 Å². The van der Waals surface area contributed by atoms with Crippen molar-refractivity contribution >= 4 is 28.6 Å². The Morgan fingerprint density at radius 2 is 2.33 bits per heavy atom. The van der Waals surface area contributed by atoms with Gasteiger partial charge in [0, 0.05) is 6.07 Å². The van der Waals surface area contributed by atoms with Crippen molar-refractivity contribution in [3.63, 3.8) is 0 Å². The molecule has 0 bridgehead atoms. The lowest BCUT2D eigenvalue weighted by molar-refractivity contribution is 0.0595. The summed E-state index contributed by atoms with van der Waals surface area (Å²) in [5.41, 5.74) is 0.141. The highest BCUT2D eigenvalue weighted by Crippen LogP contribution is 2.19. The number of nitriles is 1. The molecule has 5 nitrogen and oxygen atoms in total. The first-order valence-corrected chi connectivity index (χ1v) is 6.00. The van der Waals surface area contributed by atoms with Crippen molar-refractivity contribution in [1.29, 1.82) is 5.26 Å². The van der Waals surface area contributed by atoms with Gasteiger partial charge in [0.25, 0.3) is 0 Å². The summed E-state index contributed by atoms with van der Waals surface area (Å²) in [7, 11) is 1.18. The molecule has 0 aliphatic heterocycles. The standard InChI is InChI=1S/C11H10FN3O2S/c1-17-10(16)8-4-3-7(5-9(8)12)15-11(18-2)14-6-13/h3-5H,1-2H3,(H,14,15). The molecule has 0 atom stereocenters. The van der Waals surface area contributed by atoms with Crippen LogP contribution in [0.15, 0.2) is 23.2 Å². The van der Waals surface area contributed by atoms with Gasteiger partial charge in [-0.25, -0.2) is 14.2 Å². The first-order chi connectivity index (χ1) is 8.62. The zero-order chi connectivity index (χ0) is 13.5. The van der Waals surface area contributed by atoms with E-state index in [9.17, 15) is 9.18 Å². The van der Waals surface area contributed by atoms with Gasteiger partial charge >= 0.3 is 5.97 Å². The van der Waals surface area contributed by atoms with Crippen LogP contribution in [0, 0.1) is 17.3 Å². The lowest BCUT2D eigenvalue weighted by Gasteiger charge is -2.03. The lowest BCUT2D eigenvalue weighted by Crippen LogP contribution is -2.12. The van der Waals surface area contributed by atoms with Crippen LogP contribution in [0.5, 0.6) is 0 Å². The van der Waals surface area contributed by atoms with Crippen LogP contribution in [0.2, 0.25) is 0 Å². The summed E-state index contributed by atoms with van der Waals surface area (Å²) in [4.78, 5) is 15.2. The number of nitrogens with zero attached hydrogens (tertiary/aromatic N) is 2. The van der Waals surface area contributed by atoms with Gasteiger partial charge in [-0.05, 0) is 18.4 Å². The first kappa shape index (κ1) is 14.0. The zero-order valence-electron chi connectivity index (χ0n) is 9.73. The number of ether oxygens (including phenoxy) is 1. The summed E-state index contributed by atoms with van der Waals surface area (Å²) in [6.45, 7) is 0. The number of methoxy groups -OCH3 is 1. The quantitative estimate of drug-likeness (QED) is 0.292.